The van der Waals surface area contributed by atoms with E-state index in [-0.39, 0.29) is 11.9 Å². The molecular formula is C11H22N2O. The molecule has 0 atom stereocenters. The average molecular weight is 198 g/mol. The topological polar surface area (TPSA) is 46.3 Å². The normalized spacial score (nSPS) is 12.0. The van der Waals surface area contributed by atoms with E-state index in [2.05, 4.69) is 6.92 Å². The fourth-order valence-electron chi connectivity index (χ4n) is 1.07. The van der Waals surface area contributed by atoms with Gasteiger partial charge in [-0.2, -0.15) is 0 Å². The van der Waals surface area contributed by atoms with Crippen LogP contribution in [0, 0.1) is 0 Å². The van der Waals surface area contributed by atoms with E-state index in [9.17, 15) is 4.79 Å². The Balaban J connectivity index is 4.13. The summed E-state index contributed by atoms with van der Waals surface area (Å²) >= 11 is 0. The zero-order valence-corrected chi connectivity index (χ0v) is 9.71. The van der Waals surface area contributed by atoms with Crippen molar-refractivity contribution in [1.29, 1.82) is 0 Å². The maximum Gasteiger partial charge on any atom is 0.260 e. The first kappa shape index (κ1) is 13.2. The Bertz CT molecular complexity index is 209. The van der Waals surface area contributed by atoms with Gasteiger partial charge in [-0.05, 0) is 33.6 Å². The van der Waals surface area contributed by atoms with Gasteiger partial charge in [0.15, 0.2) is 0 Å². The van der Waals surface area contributed by atoms with Crippen LogP contribution in [0.1, 0.15) is 47.0 Å². The quantitative estimate of drug-likeness (QED) is 0.319. The molecule has 0 saturated carbocycles. The molecule has 0 rings (SSSR count). The van der Waals surface area contributed by atoms with Crippen molar-refractivity contribution in [2.75, 3.05) is 0 Å². The van der Waals surface area contributed by atoms with Crippen LogP contribution in [0.4, 0.5) is 0 Å². The molecule has 0 spiro atoms. The van der Waals surface area contributed by atoms with Crippen LogP contribution in [0.25, 0.3) is 0 Å². The molecule has 0 aliphatic rings. The number of nitrogens with two attached hydrogens (primary N) is 1. The van der Waals surface area contributed by atoms with Gasteiger partial charge in [-0.15, -0.1) is 0 Å². The highest BCUT2D eigenvalue weighted by molar-refractivity contribution is 5.87. The van der Waals surface area contributed by atoms with Gasteiger partial charge < -0.3 is 0 Å². The number of hydrogen-bond acceptors (Lipinski definition) is 2. The van der Waals surface area contributed by atoms with Crippen molar-refractivity contribution in [3.63, 3.8) is 0 Å². The molecule has 0 saturated heterocycles. The van der Waals surface area contributed by atoms with Crippen molar-refractivity contribution in [2.45, 2.75) is 53.0 Å². The first-order chi connectivity index (χ1) is 6.49. The fraction of sp³-hybridized carbons (Fsp3) is 0.727. The van der Waals surface area contributed by atoms with Crippen LogP contribution in [-0.4, -0.2) is 17.0 Å². The number of amides is 1. The van der Waals surface area contributed by atoms with E-state index in [0.29, 0.717) is 0 Å². The summed E-state index contributed by atoms with van der Waals surface area (Å²) in [5.74, 6) is 5.47. The molecule has 0 bridgehead atoms. The maximum atomic E-state index is 11.5. The van der Waals surface area contributed by atoms with Crippen LogP contribution in [0.5, 0.6) is 0 Å². The highest BCUT2D eigenvalue weighted by Crippen LogP contribution is 2.06. The molecule has 0 aromatic carbocycles. The number of carbonyl (C=O) groups excluding carboxylic acids is 1. The van der Waals surface area contributed by atoms with E-state index in [1.165, 1.54) is 5.01 Å². The van der Waals surface area contributed by atoms with Crippen LogP contribution in [0.3, 0.4) is 0 Å². The van der Waals surface area contributed by atoms with Crippen LogP contribution in [0.2, 0.25) is 0 Å². The van der Waals surface area contributed by atoms with Gasteiger partial charge in [-0.3, -0.25) is 9.80 Å². The Morgan fingerprint density at radius 2 is 2.07 bits per heavy atom. The van der Waals surface area contributed by atoms with Gasteiger partial charge in [-0.25, -0.2) is 5.84 Å². The predicted molar refractivity (Wildman–Crippen MR) is 59.5 cm³/mol. The Morgan fingerprint density at radius 1 is 1.50 bits per heavy atom. The van der Waals surface area contributed by atoms with Gasteiger partial charge >= 0.3 is 0 Å². The molecule has 3 heteroatoms. The van der Waals surface area contributed by atoms with Crippen molar-refractivity contribution in [2.24, 2.45) is 5.84 Å². The van der Waals surface area contributed by atoms with Crippen molar-refractivity contribution in [3.8, 4) is 0 Å². The lowest BCUT2D eigenvalue weighted by atomic mass is 10.1. The van der Waals surface area contributed by atoms with E-state index in [1.54, 1.807) is 6.08 Å². The summed E-state index contributed by atoms with van der Waals surface area (Å²) < 4.78 is 0. The summed E-state index contributed by atoms with van der Waals surface area (Å²) in [6, 6.07) is 0.0534. The number of rotatable bonds is 5. The van der Waals surface area contributed by atoms with Crippen LogP contribution in [0.15, 0.2) is 11.6 Å². The number of hydrazine groups is 1. The van der Waals surface area contributed by atoms with E-state index in [0.717, 1.165) is 24.8 Å². The van der Waals surface area contributed by atoms with E-state index < -0.39 is 0 Å². The number of allylic oxidation sites excluding steroid dienone is 1. The monoisotopic (exact) mass is 198 g/mol. The largest absolute Gasteiger partial charge is 0.275 e. The third-order valence-electron chi connectivity index (χ3n) is 2.11. The average Bonchev–Trinajstić information content (AvgIpc) is 2.13. The van der Waals surface area contributed by atoms with Gasteiger partial charge in [0.2, 0.25) is 0 Å². The number of hydrogen-bond donors (Lipinski definition) is 1. The number of unbranched alkanes of at least 4 members (excludes halogenated alkanes) is 1. The molecule has 0 unspecified atom stereocenters. The van der Waals surface area contributed by atoms with Gasteiger partial charge in [0, 0.05) is 12.1 Å². The fourth-order valence-corrected chi connectivity index (χ4v) is 1.07. The molecule has 0 aliphatic heterocycles. The summed E-state index contributed by atoms with van der Waals surface area (Å²) in [4.78, 5) is 11.5. The molecule has 0 radical (unpaired) electrons. The lowest BCUT2D eigenvalue weighted by Crippen LogP contribution is -2.41. The van der Waals surface area contributed by atoms with E-state index in [4.69, 9.17) is 5.84 Å². The molecule has 2 N–H and O–H groups in total. The summed E-state index contributed by atoms with van der Waals surface area (Å²) in [5.41, 5.74) is 1.10. The highest BCUT2D eigenvalue weighted by atomic mass is 16.2. The van der Waals surface area contributed by atoms with Crippen LogP contribution in [-0.2, 0) is 4.79 Å². The molecular weight excluding hydrogens is 176 g/mol. The standard InChI is InChI=1S/C11H22N2O/c1-5-6-7-10(4)8-11(14)13(12)9(2)3/h8-9H,5-7,12H2,1-4H3/b10-8+. The SMILES string of the molecule is CCCC/C(C)=C/C(=O)N(N)C(C)C. The highest BCUT2D eigenvalue weighted by Gasteiger charge is 2.09. The second-order valence-electron chi connectivity index (χ2n) is 3.93. The Morgan fingerprint density at radius 3 is 2.50 bits per heavy atom. The third-order valence-corrected chi connectivity index (χ3v) is 2.11. The van der Waals surface area contributed by atoms with Gasteiger partial charge in [0.25, 0.3) is 5.91 Å². The predicted octanol–water partition coefficient (Wildman–Crippen LogP) is 2.23. The zero-order chi connectivity index (χ0) is 11.1. The molecule has 3 nitrogen and oxygen atoms in total. The number of nitrogens with zero attached hydrogens (tertiary/aromatic N) is 1. The molecule has 82 valence electrons. The maximum absolute atomic E-state index is 11.5. The minimum absolute atomic E-state index is 0.0534. The summed E-state index contributed by atoms with van der Waals surface area (Å²) in [7, 11) is 0. The molecule has 0 fully saturated rings. The summed E-state index contributed by atoms with van der Waals surface area (Å²) in [6.45, 7) is 7.90. The van der Waals surface area contributed by atoms with Crippen molar-refractivity contribution < 1.29 is 4.79 Å². The lowest BCUT2D eigenvalue weighted by Gasteiger charge is -2.19. The first-order valence-corrected chi connectivity index (χ1v) is 5.24. The second-order valence-corrected chi connectivity index (χ2v) is 3.93. The Labute approximate surface area is 86.9 Å². The molecule has 0 heterocycles. The minimum Gasteiger partial charge on any atom is -0.275 e. The van der Waals surface area contributed by atoms with Crippen LogP contribution >= 0.6 is 0 Å². The first-order valence-electron chi connectivity index (χ1n) is 5.24. The lowest BCUT2D eigenvalue weighted by molar-refractivity contribution is -0.127. The molecule has 0 aromatic heterocycles. The van der Waals surface area contributed by atoms with Crippen molar-refractivity contribution >= 4 is 5.91 Å². The summed E-state index contributed by atoms with van der Waals surface area (Å²) in [6.07, 6.45) is 4.89. The summed E-state index contributed by atoms with van der Waals surface area (Å²) in [5, 5.41) is 1.26. The third kappa shape index (κ3) is 5.02. The molecule has 0 aliphatic carbocycles. The van der Waals surface area contributed by atoms with Gasteiger partial charge in [-0.1, -0.05) is 18.9 Å². The van der Waals surface area contributed by atoms with E-state index >= 15 is 0 Å². The Kier molecular flexibility index (Phi) is 6.21. The van der Waals surface area contributed by atoms with Crippen molar-refractivity contribution in [3.05, 3.63) is 11.6 Å². The van der Waals surface area contributed by atoms with Gasteiger partial charge in [0.1, 0.15) is 0 Å². The number of carbonyl (C=O) groups is 1. The van der Waals surface area contributed by atoms with E-state index in [1.807, 2.05) is 20.8 Å². The van der Waals surface area contributed by atoms with Gasteiger partial charge in [0.05, 0.1) is 0 Å². The smallest absolute Gasteiger partial charge is 0.260 e. The molecule has 14 heavy (non-hydrogen) atoms. The molecule has 1 amide bonds. The zero-order valence-electron chi connectivity index (χ0n) is 9.71. The van der Waals surface area contributed by atoms with Crippen molar-refractivity contribution in [1.82, 2.24) is 5.01 Å². The Hall–Kier alpha value is -0.830. The molecule has 0 aromatic rings. The second kappa shape index (κ2) is 6.60. The minimum atomic E-state index is -0.103. The van der Waals surface area contributed by atoms with Crippen LogP contribution < -0.4 is 5.84 Å².